The van der Waals surface area contributed by atoms with Crippen molar-refractivity contribution in [3.63, 3.8) is 0 Å². The minimum absolute atomic E-state index is 0.304. The third-order valence-corrected chi connectivity index (χ3v) is 4.08. The Bertz CT molecular complexity index is 460. The van der Waals surface area contributed by atoms with E-state index in [1.165, 1.54) is 0 Å². The summed E-state index contributed by atoms with van der Waals surface area (Å²) in [6.07, 6.45) is -0.361. The number of ether oxygens (including phenoxy) is 1. The molecule has 1 aliphatic rings. The average molecular weight is 349 g/mol. The van der Waals surface area contributed by atoms with E-state index in [1.54, 1.807) is 0 Å². The molecule has 1 amide bonds. The Morgan fingerprint density at radius 3 is 2.20 bits per heavy atom. The summed E-state index contributed by atoms with van der Waals surface area (Å²) in [5.74, 6) is 0. The van der Waals surface area contributed by atoms with Gasteiger partial charge in [0.05, 0.1) is 0 Å². The molecule has 1 aliphatic heterocycles. The van der Waals surface area contributed by atoms with Crippen LogP contribution in [0.15, 0.2) is 30.3 Å². The molecule has 0 radical (unpaired) electrons. The van der Waals surface area contributed by atoms with Crippen LogP contribution in [0.5, 0.6) is 0 Å². The van der Waals surface area contributed by atoms with E-state index in [9.17, 15) is 4.79 Å². The first kappa shape index (κ1) is 19.7. The van der Waals surface area contributed by atoms with Crippen LogP contribution in [0.25, 0.3) is 0 Å². The third-order valence-electron chi connectivity index (χ3n) is 4.08. The molecule has 0 unspecified atom stereocenters. The van der Waals surface area contributed by atoms with Gasteiger partial charge in [-0.2, -0.15) is 0 Å². The maximum absolute atomic E-state index is 11.8. The Labute approximate surface area is 150 Å². The van der Waals surface area contributed by atoms with Gasteiger partial charge in [0.25, 0.3) is 0 Å². The monoisotopic (exact) mass is 349 g/mol. The smallest absolute Gasteiger partial charge is 0.407 e. The van der Waals surface area contributed by atoms with Gasteiger partial charge in [-0.25, -0.2) is 4.79 Å². The Morgan fingerprint density at radius 1 is 0.960 bits per heavy atom. The zero-order valence-corrected chi connectivity index (χ0v) is 14.9. The fourth-order valence-corrected chi connectivity index (χ4v) is 2.63. The summed E-state index contributed by atoms with van der Waals surface area (Å²) in [4.78, 5) is 14.1. The molecular formula is C18H31N5O2. The molecule has 1 aromatic carbocycles. The largest absolute Gasteiger partial charge is 0.445 e. The van der Waals surface area contributed by atoms with Crippen molar-refractivity contribution in [1.82, 2.24) is 26.2 Å². The van der Waals surface area contributed by atoms with Crippen molar-refractivity contribution in [2.45, 2.75) is 6.61 Å². The average Bonchev–Trinajstić information content (AvgIpc) is 2.63. The van der Waals surface area contributed by atoms with Gasteiger partial charge in [-0.05, 0) is 5.56 Å². The molecule has 0 saturated carbocycles. The molecule has 0 bridgehead atoms. The lowest BCUT2D eigenvalue weighted by Gasteiger charge is -2.23. The van der Waals surface area contributed by atoms with Gasteiger partial charge in [-0.1, -0.05) is 30.3 Å². The Balaban J connectivity index is 1.61. The van der Waals surface area contributed by atoms with Gasteiger partial charge in [0, 0.05) is 65.4 Å². The first-order valence-corrected chi connectivity index (χ1v) is 9.13. The first-order chi connectivity index (χ1) is 12.3. The lowest BCUT2D eigenvalue weighted by atomic mass is 10.2. The van der Waals surface area contributed by atoms with Gasteiger partial charge in [0.2, 0.25) is 0 Å². The Hall–Kier alpha value is -1.67. The lowest BCUT2D eigenvalue weighted by Crippen LogP contribution is -2.44. The molecule has 7 nitrogen and oxygen atoms in total. The number of hydrogen-bond acceptors (Lipinski definition) is 6. The number of hydrogen-bond donors (Lipinski definition) is 4. The highest BCUT2D eigenvalue weighted by Gasteiger charge is 2.07. The third kappa shape index (κ3) is 9.40. The molecule has 140 valence electrons. The molecule has 0 aliphatic carbocycles. The number of carbonyl (C=O) groups is 1. The number of alkyl carbamates (subject to hydrolysis) is 1. The van der Waals surface area contributed by atoms with Crippen LogP contribution in [-0.2, 0) is 11.3 Å². The van der Waals surface area contributed by atoms with Crippen molar-refractivity contribution in [3.05, 3.63) is 35.9 Å². The van der Waals surface area contributed by atoms with Gasteiger partial charge in [-0.15, -0.1) is 0 Å². The van der Waals surface area contributed by atoms with Crippen LogP contribution < -0.4 is 21.3 Å². The molecular weight excluding hydrogens is 318 g/mol. The van der Waals surface area contributed by atoms with E-state index in [2.05, 4.69) is 26.2 Å². The van der Waals surface area contributed by atoms with Crippen molar-refractivity contribution in [2.24, 2.45) is 0 Å². The van der Waals surface area contributed by atoms with Crippen LogP contribution in [0.3, 0.4) is 0 Å². The standard InChI is InChI=1S/C18H31N5O2/c24-18(25-16-17-4-2-1-3-5-17)22-12-15-23-13-10-20-8-6-19-7-9-21-11-14-23/h1-5,19-21H,6-16H2,(H,22,24). The van der Waals surface area contributed by atoms with E-state index in [1.807, 2.05) is 30.3 Å². The van der Waals surface area contributed by atoms with Crippen LogP contribution in [0.1, 0.15) is 5.56 Å². The van der Waals surface area contributed by atoms with Gasteiger partial charge < -0.3 is 26.0 Å². The second-order valence-electron chi connectivity index (χ2n) is 6.08. The fourth-order valence-electron chi connectivity index (χ4n) is 2.63. The number of carbonyl (C=O) groups excluding carboxylic acids is 1. The highest BCUT2D eigenvalue weighted by Crippen LogP contribution is 2.00. The van der Waals surface area contributed by atoms with Gasteiger partial charge in [0.1, 0.15) is 6.61 Å². The highest BCUT2D eigenvalue weighted by atomic mass is 16.5. The highest BCUT2D eigenvalue weighted by molar-refractivity contribution is 5.67. The minimum atomic E-state index is -0.361. The predicted molar refractivity (Wildman–Crippen MR) is 99.7 cm³/mol. The summed E-state index contributed by atoms with van der Waals surface area (Å²) in [5.41, 5.74) is 0.993. The summed E-state index contributed by atoms with van der Waals surface area (Å²) in [6, 6.07) is 9.71. The molecule has 1 heterocycles. The van der Waals surface area contributed by atoms with Gasteiger partial charge >= 0.3 is 6.09 Å². The van der Waals surface area contributed by atoms with Crippen LogP contribution >= 0.6 is 0 Å². The van der Waals surface area contributed by atoms with Gasteiger partial charge in [0.15, 0.2) is 0 Å². The predicted octanol–water partition coefficient (Wildman–Crippen LogP) is -0.00280. The molecule has 0 aromatic heterocycles. The van der Waals surface area contributed by atoms with E-state index in [4.69, 9.17) is 4.74 Å². The molecule has 1 fully saturated rings. The molecule has 0 atom stereocenters. The molecule has 25 heavy (non-hydrogen) atoms. The number of benzene rings is 1. The number of amides is 1. The summed E-state index contributed by atoms with van der Waals surface area (Å²) < 4.78 is 5.23. The van der Waals surface area contributed by atoms with Crippen LogP contribution in [0.4, 0.5) is 4.79 Å². The van der Waals surface area contributed by atoms with E-state index >= 15 is 0 Å². The summed E-state index contributed by atoms with van der Waals surface area (Å²) in [7, 11) is 0. The van der Waals surface area contributed by atoms with Crippen LogP contribution in [0, 0.1) is 0 Å². The number of rotatable bonds is 5. The molecule has 1 saturated heterocycles. The van der Waals surface area contributed by atoms with E-state index in [-0.39, 0.29) is 6.09 Å². The number of nitrogens with one attached hydrogen (secondary N) is 4. The molecule has 7 heteroatoms. The zero-order chi connectivity index (χ0) is 17.6. The van der Waals surface area contributed by atoms with Crippen molar-refractivity contribution >= 4 is 6.09 Å². The summed E-state index contributed by atoms with van der Waals surface area (Å²) in [5, 5.41) is 13.1. The first-order valence-electron chi connectivity index (χ1n) is 9.13. The van der Waals surface area contributed by atoms with E-state index < -0.39 is 0 Å². The van der Waals surface area contributed by atoms with Gasteiger partial charge in [-0.3, -0.25) is 4.90 Å². The number of nitrogens with zero attached hydrogens (tertiary/aromatic N) is 1. The molecule has 0 spiro atoms. The lowest BCUT2D eigenvalue weighted by molar-refractivity contribution is 0.138. The van der Waals surface area contributed by atoms with E-state index in [0.29, 0.717) is 13.2 Å². The van der Waals surface area contributed by atoms with Crippen molar-refractivity contribution in [2.75, 3.05) is 65.4 Å². The topological polar surface area (TPSA) is 77.7 Å². The van der Waals surface area contributed by atoms with Crippen molar-refractivity contribution in [1.29, 1.82) is 0 Å². The zero-order valence-electron chi connectivity index (χ0n) is 14.9. The maximum Gasteiger partial charge on any atom is 0.407 e. The summed E-state index contributed by atoms with van der Waals surface area (Å²) in [6.45, 7) is 9.55. The normalized spacial score (nSPS) is 17.9. The SMILES string of the molecule is O=C(NCCN1CCNCCNCCNCC1)OCc1ccccc1. The quantitative estimate of drug-likeness (QED) is 0.599. The molecule has 1 aromatic rings. The second-order valence-corrected chi connectivity index (χ2v) is 6.08. The Kier molecular flexibility index (Phi) is 9.95. The maximum atomic E-state index is 11.8. The second kappa shape index (κ2) is 12.7. The van der Waals surface area contributed by atoms with E-state index in [0.717, 1.165) is 64.5 Å². The molecule has 4 N–H and O–H groups in total. The molecule has 2 rings (SSSR count). The van der Waals surface area contributed by atoms with Crippen molar-refractivity contribution in [3.8, 4) is 0 Å². The van der Waals surface area contributed by atoms with Crippen LogP contribution in [0.2, 0.25) is 0 Å². The van der Waals surface area contributed by atoms with Crippen molar-refractivity contribution < 1.29 is 9.53 Å². The van der Waals surface area contributed by atoms with Crippen LogP contribution in [-0.4, -0.2) is 76.4 Å². The minimum Gasteiger partial charge on any atom is -0.445 e. The Morgan fingerprint density at radius 2 is 1.56 bits per heavy atom. The summed E-state index contributed by atoms with van der Waals surface area (Å²) >= 11 is 0. The fraction of sp³-hybridized carbons (Fsp3) is 0.611.